The van der Waals surface area contributed by atoms with Gasteiger partial charge >= 0.3 is 0 Å². The largest absolute Gasteiger partial charge is 0.385 e. The van der Waals surface area contributed by atoms with Crippen molar-refractivity contribution in [2.24, 2.45) is 23.7 Å². The van der Waals surface area contributed by atoms with Gasteiger partial charge in [-0.3, -0.25) is 0 Å². The third kappa shape index (κ3) is 2.22. The van der Waals surface area contributed by atoms with Gasteiger partial charge in [0.15, 0.2) is 0 Å². The average molecular weight is 375 g/mol. The number of fused-ring (bicyclic) bond motifs is 1. The topological polar surface area (TPSA) is 20.2 Å². The molecule has 0 aliphatic heterocycles. The molecular weight excluding hydrogens is 352 g/mol. The molecule has 4 bridgehead atoms. The van der Waals surface area contributed by atoms with E-state index in [0.29, 0.717) is 17.8 Å². The van der Waals surface area contributed by atoms with Crippen molar-refractivity contribution in [1.29, 1.82) is 0 Å². The molecule has 7 rings (SSSR count). The normalized spacial score (nSPS) is 33.9. The molecule has 0 spiro atoms. The molecule has 0 heterocycles. The Bertz CT molecular complexity index is 1050. The highest BCUT2D eigenvalue weighted by Crippen LogP contribution is 2.67. The lowest BCUT2D eigenvalue weighted by Crippen LogP contribution is -2.41. The van der Waals surface area contributed by atoms with Crippen molar-refractivity contribution >= 4 is 22.4 Å². The zero-order valence-electron chi connectivity index (χ0n) is 15.2. The van der Waals surface area contributed by atoms with Gasteiger partial charge in [-0.15, -0.1) is 0 Å². The minimum absolute atomic E-state index is 0.402. The Morgan fingerprint density at radius 1 is 0.852 bits per heavy atom. The lowest BCUT2D eigenvalue weighted by Gasteiger charge is -2.42. The van der Waals surface area contributed by atoms with Crippen molar-refractivity contribution in [2.75, 3.05) is 0 Å². The Kier molecular flexibility index (Phi) is 3.35. The van der Waals surface area contributed by atoms with Crippen LogP contribution in [0.1, 0.15) is 31.2 Å². The maximum Gasteiger partial charge on any atom is 0.0961 e. The van der Waals surface area contributed by atoms with E-state index in [1.165, 1.54) is 36.5 Å². The van der Waals surface area contributed by atoms with Crippen LogP contribution in [0.3, 0.4) is 0 Å². The van der Waals surface area contributed by atoms with Crippen LogP contribution in [0.25, 0.3) is 21.9 Å². The van der Waals surface area contributed by atoms with Crippen molar-refractivity contribution in [3.63, 3.8) is 0 Å². The molecule has 27 heavy (non-hydrogen) atoms. The summed E-state index contributed by atoms with van der Waals surface area (Å²) in [5.41, 5.74) is 2.68. The Balaban J connectivity index is 1.63. The fourth-order valence-electron chi connectivity index (χ4n) is 6.64. The Morgan fingerprint density at radius 2 is 1.67 bits per heavy atom. The molecule has 4 aliphatic carbocycles. The van der Waals surface area contributed by atoms with Crippen LogP contribution in [0.2, 0.25) is 5.02 Å². The van der Waals surface area contributed by atoms with E-state index in [1.54, 1.807) is 0 Å². The first kappa shape index (κ1) is 16.2. The van der Waals surface area contributed by atoms with Crippen molar-refractivity contribution in [2.45, 2.75) is 31.3 Å². The van der Waals surface area contributed by atoms with Crippen LogP contribution in [0.15, 0.2) is 60.7 Å². The summed E-state index contributed by atoms with van der Waals surface area (Å²) in [6.07, 6.45) is 4.90. The summed E-state index contributed by atoms with van der Waals surface area (Å²) >= 11 is 6.32. The maximum absolute atomic E-state index is 12.2. The highest BCUT2D eigenvalue weighted by molar-refractivity contribution is 6.30. The third-order valence-electron chi connectivity index (χ3n) is 7.64. The fourth-order valence-corrected chi connectivity index (χ4v) is 6.83. The van der Waals surface area contributed by atoms with Crippen LogP contribution in [0.4, 0.5) is 0 Å². The van der Waals surface area contributed by atoms with Gasteiger partial charge in [0.1, 0.15) is 0 Å². The number of halogens is 1. The molecule has 1 nitrogen and oxygen atoms in total. The third-order valence-corrected chi connectivity index (χ3v) is 7.87. The number of aliphatic hydroxyl groups is 1. The maximum atomic E-state index is 12.2. The summed E-state index contributed by atoms with van der Waals surface area (Å²) in [4.78, 5) is 0. The van der Waals surface area contributed by atoms with Gasteiger partial charge < -0.3 is 5.11 Å². The minimum Gasteiger partial charge on any atom is -0.385 e. The molecule has 4 fully saturated rings. The van der Waals surface area contributed by atoms with E-state index in [2.05, 4.69) is 42.5 Å². The summed E-state index contributed by atoms with van der Waals surface area (Å²) in [5, 5.41) is 15.3. The van der Waals surface area contributed by atoms with Crippen molar-refractivity contribution < 1.29 is 5.11 Å². The smallest absolute Gasteiger partial charge is 0.0961 e. The quantitative estimate of drug-likeness (QED) is 0.549. The molecule has 3 aromatic rings. The molecule has 3 aromatic carbocycles. The van der Waals surface area contributed by atoms with Crippen molar-refractivity contribution in [3.05, 3.63) is 71.2 Å². The second-order valence-corrected chi connectivity index (χ2v) is 9.39. The number of benzene rings is 3. The highest BCUT2D eigenvalue weighted by atomic mass is 35.5. The average Bonchev–Trinajstić information content (AvgIpc) is 3.08. The van der Waals surface area contributed by atoms with E-state index in [1.807, 2.05) is 18.2 Å². The first-order valence-electron chi connectivity index (χ1n) is 10.1. The van der Waals surface area contributed by atoms with E-state index in [-0.39, 0.29) is 0 Å². The lowest BCUT2D eigenvalue weighted by molar-refractivity contribution is -0.0691. The van der Waals surface area contributed by atoms with Crippen LogP contribution < -0.4 is 0 Å². The summed E-state index contributed by atoms with van der Waals surface area (Å²) < 4.78 is 0. The van der Waals surface area contributed by atoms with Gasteiger partial charge in [-0.2, -0.15) is 0 Å². The molecule has 4 saturated carbocycles. The van der Waals surface area contributed by atoms with Crippen LogP contribution >= 0.6 is 11.6 Å². The summed E-state index contributed by atoms with van der Waals surface area (Å²) in [6, 6.07) is 21.1. The summed E-state index contributed by atoms with van der Waals surface area (Å²) in [6.45, 7) is 0. The van der Waals surface area contributed by atoms with E-state index in [0.717, 1.165) is 27.6 Å². The van der Waals surface area contributed by atoms with Gasteiger partial charge in [0, 0.05) is 5.02 Å². The van der Waals surface area contributed by atoms with Gasteiger partial charge in [-0.25, -0.2) is 0 Å². The molecular formula is C25H23ClO. The SMILES string of the molecule is OC1(c2cc3ccccc3cc2-c2cccc(Cl)c2)C2CC3CC(C2)C1C3. The van der Waals surface area contributed by atoms with Gasteiger partial charge in [0.25, 0.3) is 0 Å². The lowest BCUT2D eigenvalue weighted by atomic mass is 9.67. The van der Waals surface area contributed by atoms with Gasteiger partial charge in [0.2, 0.25) is 0 Å². The molecule has 1 N–H and O–H groups in total. The highest BCUT2D eigenvalue weighted by Gasteiger charge is 2.62. The Labute approximate surface area is 165 Å². The zero-order valence-corrected chi connectivity index (χ0v) is 16.0. The molecule has 4 aliphatic rings. The molecule has 2 heteroatoms. The standard InChI is InChI=1S/C25H23ClO/c26-21-7-3-6-18(12-21)22-13-16-4-1-2-5-17(16)14-24(22)25(27)20-9-15-8-19(11-20)23(25)10-15/h1-7,12-15,19-20,23,27H,8-11H2. The predicted molar refractivity (Wildman–Crippen MR) is 111 cm³/mol. The van der Waals surface area contributed by atoms with E-state index in [4.69, 9.17) is 11.6 Å². The van der Waals surface area contributed by atoms with Crippen LogP contribution in [-0.4, -0.2) is 5.11 Å². The molecule has 5 unspecified atom stereocenters. The van der Waals surface area contributed by atoms with E-state index in [9.17, 15) is 5.11 Å². The van der Waals surface area contributed by atoms with Gasteiger partial charge in [-0.1, -0.05) is 48.0 Å². The second kappa shape index (κ2) is 5.59. The van der Waals surface area contributed by atoms with Crippen molar-refractivity contribution in [3.8, 4) is 11.1 Å². The van der Waals surface area contributed by atoms with E-state index < -0.39 is 5.60 Å². The predicted octanol–water partition coefficient (Wildman–Crippen LogP) is 6.41. The van der Waals surface area contributed by atoms with E-state index >= 15 is 0 Å². The first-order valence-corrected chi connectivity index (χ1v) is 10.5. The van der Waals surface area contributed by atoms with Crippen molar-refractivity contribution in [1.82, 2.24) is 0 Å². The Hall–Kier alpha value is -1.83. The van der Waals surface area contributed by atoms with Crippen LogP contribution in [-0.2, 0) is 5.60 Å². The first-order chi connectivity index (χ1) is 13.1. The monoisotopic (exact) mass is 374 g/mol. The molecule has 0 saturated heterocycles. The molecule has 0 radical (unpaired) electrons. The number of hydrogen-bond acceptors (Lipinski definition) is 1. The zero-order chi connectivity index (χ0) is 18.2. The number of hydrogen-bond donors (Lipinski definition) is 1. The van der Waals surface area contributed by atoms with Gasteiger partial charge in [-0.05, 0) is 101 Å². The number of rotatable bonds is 2. The summed E-state index contributed by atoms with van der Waals surface area (Å²) in [7, 11) is 0. The van der Waals surface area contributed by atoms with Gasteiger partial charge in [0.05, 0.1) is 5.60 Å². The molecule has 0 amide bonds. The van der Waals surface area contributed by atoms with Crippen LogP contribution in [0, 0.1) is 23.7 Å². The second-order valence-electron chi connectivity index (χ2n) is 8.95. The summed E-state index contributed by atoms with van der Waals surface area (Å²) in [5.74, 6) is 2.37. The molecule has 0 aromatic heterocycles. The molecule has 136 valence electrons. The fraction of sp³-hybridized carbons (Fsp3) is 0.360. The molecule has 5 atom stereocenters. The minimum atomic E-state index is -0.695. The van der Waals surface area contributed by atoms with Crippen LogP contribution in [0.5, 0.6) is 0 Å². The Morgan fingerprint density at radius 3 is 2.44 bits per heavy atom.